The second-order valence-corrected chi connectivity index (χ2v) is 13.5. The van der Waals surface area contributed by atoms with E-state index in [1.807, 2.05) is 0 Å². The van der Waals surface area contributed by atoms with E-state index in [1.54, 1.807) is 39.8 Å². The number of amides is 1. The largest absolute Gasteiger partial charge is 0.507 e. The van der Waals surface area contributed by atoms with Crippen molar-refractivity contribution in [1.29, 1.82) is 5.41 Å². The van der Waals surface area contributed by atoms with E-state index in [1.165, 1.54) is 46.3 Å². The average molecular weight is 726 g/mol. The fraction of sp³-hybridized carbons (Fsp3) is 0.472. The number of carbonyl (C=O) groups excluding carboxylic acids is 2. The number of ketones is 1. The van der Waals surface area contributed by atoms with Crippen LogP contribution in [0.5, 0.6) is 23.0 Å². The molecule has 16 heteroatoms. The number of aliphatic hydroxyl groups is 3. The van der Waals surface area contributed by atoms with E-state index in [9.17, 15) is 35.1 Å². The summed E-state index contributed by atoms with van der Waals surface area (Å²) in [6.07, 6.45) is 3.36. The number of ether oxygens (including phenoxy) is 3. The third-order valence-corrected chi connectivity index (χ3v) is 9.85. The predicted molar refractivity (Wildman–Crippen MR) is 190 cm³/mol. The SMILES string of the molecule is CO[C@H]1/C=C/O[C@@]2(C)Oc3c(C)c(O)c4c(O)c(cc(O/N=N/C(=N)N)c4c3C2=O)NC(=O)/C(C)=C/C=C/[C@H](C)[C@H](O)[C@@H](C)[C@@H](O)[C@@H](C)[C@H](O)[C@@H]1C. The van der Waals surface area contributed by atoms with Crippen LogP contribution in [0.3, 0.4) is 0 Å². The number of nitrogens with two attached hydrogens (primary N) is 1. The van der Waals surface area contributed by atoms with Gasteiger partial charge in [0, 0.05) is 65.6 Å². The van der Waals surface area contributed by atoms with Crippen LogP contribution in [0.1, 0.15) is 57.5 Å². The molecule has 0 saturated heterocycles. The molecule has 9 N–H and O–H groups in total. The van der Waals surface area contributed by atoms with Gasteiger partial charge >= 0.3 is 5.79 Å². The molecular weight excluding hydrogens is 678 g/mol. The van der Waals surface area contributed by atoms with Crippen LogP contribution >= 0.6 is 0 Å². The number of carbonyl (C=O) groups is 2. The number of guanidine groups is 1. The van der Waals surface area contributed by atoms with Crippen molar-refractivity contribution < 1.29 is 54.2 Å². The van der Waals surface area contributed by atoms with Crippen molar-refractivity contribution >= 4 is 34.1 Å². The minimum Gasteiger partial charge on any atom is -0.507 e. The quantitative estimate of drug-likeness (QED) is 0.0731. The van der Waals surface area contributed by atoms with Crippen molar-refractivity contribution in [1.82, 2.24) is 0 Å². The van der Waals surface area contributed by atoms with Gasteiger partial charge in [0.2, 0.25) is 5.96 Å². The number of nitrogens with zero attached hydrogens (tertiary/aromatic N) is 2. The Morgan fingerprint density at radius 2 is 1.62 bits per heavy atom. The van der Waals surface area contributed by atoms with Crippen LogP contribution in [0.2, 0.25) is 0 Å². The molecule has 0 aromatic heterocycles. The monoisotopic (exact) mass is 725 g/mol. The van der Waals surface area contributed by atoms with E-state index in [0.29, 0.717) is 0 Å². The first-order chi connectivity index (χ1) is 24.4. The molecule has 0 spiro atoms. The van der Waals surface area contributed by atoms with E-state index >= 15 is 0 Å². The summed E-state index contributed by atoms with van der Waals surface area (Å²) in [5.74, 6) is -8.05. The summed E-state index contributed by atoms with van der Waals surface area (Å²) in [4.78, 5) is 32.9. The number of methoxy groups -OCH3 is 1. The average Bonchev–Trinajstić information content (AvgIpc) is 3.37. The molecule has 0 radical (unpaired) electrons. The van der Waals surface area contributed by atoms with Gasteiger partial charge in [-0.2, -0.15) is 0 Å². The van der Waals surface area contributed by atoms with Crippen molar-refractivity contribution in [3.8, 4) is 23.0 Å². The third kappa shape index (κ3) is 7.60. The van der Waals surface area contributed by atoms with Crippen molar-refractivity contribution in [3.05, 3.63) is 53.3 Å². The molecule has 0 fully saturated rings. The highest BCUT2D eigenvalue weighted by Gasteiger charge is 2.49. The molecule has 3 aliphatic rings. The van der Waals surface area contributed by atoms with Crippen LogP contribution in [-0.2, 0) is 14.3 Å². The zero-order valence-electron chi connectivity index (χ0n) is 30.2. The van der Waals surface area contributed by atoms with Gasteiger partial charge in [0.15, 0.2) is 11.5 Å². The van der Waals surface area contributed by atoms with Crippen LogP contribution in [0.15, 0.2) is 52.6 Å². The molecule has 1 amide bonds. The number of aliphatic hydroxyl groups excluding tert-OH is 3. The fourth-order valence-electron chi connectivity index (χ4n) is 6.42. The Kier molecular flexibility index (Phi) is 12.0. The van der Waals surface area contributed by atoms with Gasteiger partial charge in [-0.05, 0) is 19.9 Å². The summed E-state index contributed by atoms with van der Waals surface area (Å²) in [5, 5.41) is 72.6. The highest BCUT2D eigenvalue weighted by Crippen LogP contribution is 2.54. The molecule has 0 saturated carbocycles. The summed E-state index contributed by atoms with van der Waals surface area (Å²) >= 11 is 0. The number of phenols is 2. The Bertz CT molecular complexity index is 1860. The van der Waals surface area contributed by atoms with Crippen molar-refractivity contribution in [2.24, 2.45) is 39.8 Å². The molecule has 2 aromatic carbocycles. The number of nitrogens with one attached hydrogen (secondary N) is 2. The van der Waals surface area contributed by atoms with Crippen LogP contribution < -0.4 is 20.6 Å². The van der Waals surface area contributed by atoms with Gasteiger partial charge in [-0.25, -0.2) is 0 Å². The second kappa shape index (κ2) is 15.7. The molecule has 52 heavy (non-hydrogen) atoms. The van der Waals surface area contributed by atoms with Crippen molar-refractivity contribution in [3.63, 3.8) is 0 Å². The number of aromatic hydroxyl groups is 2. The standard InChI is InChI=1S/C36H47N5O11/c1-15-10-9-11-16(2)34(48)39-21-14-23(52-41-40-35(37)38)24-25(31(21)46)30(45)20(6)32-26(24)33(47)36(7,51-32)50-13-12-22(49-8)17(3)28(43)19(5)29(44)18(4)27(15)42/h9-15,17-19,22,27-29,42-46H,1-8H3,(H3,37,38)(H,39,48)/b10-9+,13-12+,16-11+,41-40+/t15-,17+,18+,19-,22-,27-,28+,29+,36-/m0/s1. The van der Waals surface area contributed by atoms with E-state index in [4.69, 9.17) is 30.2 Å². The summed E-state index contributed by atoms with van der Waals surface area (Å²) in [7, 11) is 1.42. The Hall–Kier alpha value is -5.03. The maximum Gasteiger partial charge on any atom is 0.312 e. The predicted octanol–water partition coefficient (Wildman–Crippen LogP) is 4.12. The van der Waals surface area contributed by atoms with Gasteiger partial charge in [-0.1, -0.05) is 51.0 Å². The second-order valence-electron chi connectivity index (χ2n) is 13.5. The summed E-state index contributed by atoms with van der Waals surface area (Å²) in [5.41, 5.74) is 5.12. The lowest BCUT2D eigenvalue weighted by atomic mass is 9.78. The highest BCUT2D eigenvalue weighted by atomic mass is 16.7. The lowest BCUT2D eigenvalue weighted by Gasteiger charge is -2.36. The number of rotatable bonds is 3. The van der Waals surface area contributed by atoms with Crippen LogP contribution in [0.4, 0.5) is 5.69 Å². The number of phenolic OH excluding ortho intramolecular Hbond substituents is 2. The number of fused-ring (bicyclic) bond motifs is 14. The molecule has 282 valence electrons. The maximum atomic E-state index is 14.2. The first kappa shape index (κ1) is 39.8. The third-order valence-electron chi connectivity index (χ3n) is 9.85. The molecular formula is C36H47N5O11. The van der Waals surface area contributed by atoms with Gasteiger partial charge in [-0.3, -0.25) is 15.0 Å². The fourth-order valence-corrected chi connectivity index (χ4v) is 6.42. The van der Waals surface area contributed by atoms with Gasteiger partial charge < -0.3 is 55.6 Å². The van der Waals surface area contributed by atoms with Crippen molar-refractivity contribution in [2.75, 3.05) is 12.4 Å². The minimum absolute atomic E-state index is 0.0542. The maximum absolute atomic E-state index is 14.2. The number of allylic oxidation sites excluding steroid dienone is 2. The first-order valence-corrected chi connectivity index (χ1v) is 16.6. The van der Waals surface area contributed by atoms with Gasteiger partial charge in [0.05, 0.1) is 47.3 Å². The minimum atomic E-state index is -2.01. The number of Topliss-reactive ketones (excluding diaryl/α,β-unsaturated/α-hetero) is 1. The van der Waals surface area contributed by atoms with E-state index in [-0.39, 0.29) is 44.7 Å². The Balaban J connectivity index is 1.93. The smallest absolute Gasteiger partial charge is 0.312 e. The number of benzene rings is 2. The highest BCUT2D eigenvalue weighted by molar-refractivity contribution is 6.21. The molecule has 16 nitrogen and oxygen atoms in total. The molecule has 0 aliphatic carbocycles. The zero-order valence-corrected chi connectivity index (χ0v) is 30.2. The first-order valence-electron chi connectivity index (χ1n) is 16.6. The number of anilines is 1. The molecule has 9 atom stereocenters. The molecule has 5 rings (SSSR count). The van der Waals surface area contributed by atoms with E-state index in [0.717, 1.165) is 6.07 Å². The molecule has 2 aromatic rings. The summed E-state index contributed by atoms with van der Waals surface area (Å²) in [6, 6.07) is 1.15. The van der Waals surface area contributed by atoms with E-state index < -0.39 is 83.0 Å². The normalized spacial score (nSPS) is 32.6. The van der Waals surface area contributed by atoms with Gasteiger partial charge in [-0.15, -0.1) is 0 Å². The molecule has 3 aliphatic heterocycles. The number of hydrogen-bond donors (Lipinski definition) is 8. The van der Waals surface area contributed by atoms with E-state index in [2.05, 4.69) is 15.7 Å². The van der Waals surface area contributed by atoms with Gasteiger partial charge in [0.25, 0.3) is 11.7 Å². The topological polar surface area (TPSA) is 259 Å². The summed E-state index contributed by atoms with van der Waals surface area (Å²) in [6.45, 7) is 11.1. The zero-order chi connectivity index (χ0) is 38.8. The molecule has 0 unspecified atom stereocenters. The Morgan fingerprint density at radius 3 is 2.25 bits per heavy atom. The Morgan fingerprint density at radius 1 is 0.981 bits per heavy atom. The molecule has 3 heterocycles. The number of hydrogen-bond acceptors (Lipinski definition) is 13. The molecule has 5 bridgehead atoms. The van der Waals surface area contributed by atoms with Crippen molar-refractivity contribution in [2.45, 2.75) is 78.7 Å². The Labute approximate surface area is 300 Å². The summed E-state index contributed by atoms with van der Waals surface area (Å²) < 4.78 is 17.5. The van der Waals surface area contributed by atoms with Crippen LogP contribution in [0, 0.1) is 36.0 Å². The van der Waals surface area contributed by atoms with Crippen LogP contribution in [-0.4, -0.2) is 80.5 Å². The lowest BCUT2D eigenvalue weighted by Crippen LogP contribution is -2.44. The van der Waals surface area contributed by atoms with Crippen LogP contribution in [0.25, 0.3) is 10.8 Å². The van der Waals surface area contributed by atoms with Gasteiger partial charge in [0.1, 0.15) is 11.5 Å². The lowest BCUT2D eigenvalue weighted by molar-refractivity contribution is -0.112.